The van der Waals surface area contributed by atoms with E-state index >= 15 is 0 Å². The molecule has 0 aliphatic carbocycles. The normalized spacial score (nSPS) is 11.5. The zero-order chi connectivity index (χ0) is 24.1. The Balaban J connectivity index is 0.00000408. The van der Waals surface area contributed by atoms with Gasteiger partial charge in [-0.1, -0.05) is 51.1 Å². The molecule has 2 heterocycles. The molecule has 0 saturated carbocycles. The number of sulfonamides is 1. The van der Waals surface area contributed by atoms with Gasteiger partial charge in [-0.05, 0) is 40.8 Å². The monoisotopic (exact) mass is 504 g/mol. The van der Waals surface area contributed by atoms with Gasteiger partial charge in [-0.15, -0.1) is 12.4 Å². The molecular formula is C24H29ClN4O4S. The van der Waals surface area contributed by atoms with E-state index in [-0.39, 0.29) is 35.8 Å². The van der Waals surface area contributed by atoms with Crippen molar-refractivity contribution < 1.29 is 18.3 Å². The van der Waals surface area contributed by atoms with Crippen LogP contribution in [-0.4, -0.2) is 36.0 Å². The second-order valence-electron chi connectivity index (χ2n) is 8.66. The van der Waals surface area contributed by atoms with Gasteiger partial charge in [0, 0.05) is 12.6 Å². The number of nitrogens with zero attached hydrogens (tertiary/aromatic N) is 2. The van der Waals surface area contributed by atoms with Gasteiger partial charge in [-0.2, -0.15) is 0 Å². The van der Waals surface area contributed by atoms with E-state index in [2.05, 4.69) is 52.9 Å². The van der Waals surface area contributed by atoms with Crippen molar-refractivity contribution in [1.82, 2.24) is 14.7 Å². The predicted molar refractivity (Wildman–Crippen MR) is 134 cm³/mol. The summed E-state index contributed by atoms with van der Waals surface area (Å²) in [7, 11) is -3.85. The summed E-state index contributed by atoms with van der Waals surface area (Å²) in [6.45, 7) is 6.07. The van der Waals surface area contributed by atoms with E-state index in [9.17, 15) is 13.2 Å². The third-order valence-electron chi connectivity index (χ3n) is 4.97. The van der Waals surface area contributed by atoms with Crippen LogP contribution in [0.1, 0.15) is 43.3 Å². The van der Waals surface area contributed by atoms with Gasteiger partial charge in [0.05, 0.1) is 17.9 Å². The summed E-state index contributed by atoms with van der Waals surface area (Å²) in [5.74, 6) is -0.657. The number of carboxylic acid groups (broad SMARTS) is 1. The standard InChI is InChI=1S/C24H28N4O4S.ClH/c1-24(2,3)18-8-4-7-17(13-18)14-20-21(10-6-12-25-20)33(31,32)27-15-19-9-5-11-22(28-19)26-16-23(29)30;/h4-13,27H,14-16H2,1-3H3,(H,26,28)(H,29,30);1H. The molecule has 34 heavy (non-hydrogen) atoms. The molecule has 0 saturated heterocycles. The fourth-order valence-corrected chi connectivity index (χ4v) is 4.42. The average Bonchev–Trinajstić information content (AvgIpc) is 2.77. The van der Waals surface area contributed by atoms with Crippen molar-refractivity contribution in [3.8, 4) is 0 Å². The largest absolute Gasteiger partial charge is 0.480 e. The number of carboxylic acids is 1. The molecule has 0 unspecified atom stereocenters. The number of anilines is 1. The van der Waals surface area contributed by atoms with Gasteiger partial charge >= 0.3 is 5.97 Å². The lowest BCUT2D eigenvalue weighted by Gasteiger charge is -2.20. The van der Waals surface area contributed by atoms with Crippen molar-refractivity contribution >= 4 is 34.2 Å². The zero-order valence-corrected chi connectivity index (χ0v) is 20.9. The molecule has 0 fully saturated rings. The Morgan fingerprint density at radius 2 is 1.79 bits per heavy atom. The molecule has 182 valence electrons. The highest BCUT2D eigenvalue weighted by molar-refractivity contribution is 7.89. The van der Waals surface area contributed by atoms with E-state index in [1.54, 1.807) is 30.5 Å². The van der Waals surface area contributed by atoms with Crippen LogP contribution in [0.15, 0.2) is 65.7 Å². The number of nitrogens with one attached hydrogen (secondary N) is 2. The van der Waals surface area contributed by atoms with Crippen LogP contribution in [0.4, 0.5) is 5.82 Å². The van der Waals surface area contributed by atoms with Crippen molar-refractivity contribution in [1.29, 1.82) is 0 Å². The highest BCUT2D eigenvalue weighted by Crippen LogP contribution is 2.24. The maximum absolute atomic E-state index is 13.1. The SMILES string of the molecule is CC(C)(C)c1cccc(Cc2ncccc2S(=O)(=O)NCc2cccc(NCC(=O)O)n2)c1.Cl. The number of benzene rings is 1. The number of hydrogen-bond acceptors (Lipinski definition) is 6. The number of rotatable bonds is 9. The van der Waals surface area contributed by atoms with Gasteiger partial charge in [0.1, 0.15) is 17.3 Å². The highest BCUT2D eigenvalue weighted by atomic mass is 35.5. The molecule has 10 heteroatoms. The molecule has 3 aromatic rings. The van der Waals surface area contributed by atoms with Crippen molar-refractivity contribution in [3.63, 3.8) is 0 Å². The summed E-state index contributed by atoms with van der Waals surface area (Å²) < 4.78 is 28.7. The second-order valence-corrected chi connectivity index (χ2v) is 10.4. The summed E-state index contributed by atoms with van der Waals surface area (Å²) in [6, 6.07) is 16.2. The quantitative estimate of drug-likeness (QED) is 0.405. The molecule has 0 aliphatic heterocycles. The molecule has 3 N–H and O–H groups in total. The van der Waals surface area contributed by atoms with E-state index in [0.717, 1.165) is 5.56 Å². The molecule has 0 radical (unpaired) electrons. The number of carbonyl (C=O) groups is 1. The number of pyridine rings is 2. The smallest absolute Gasteiger partial charge is 0.322 e. The molecule has 3 rings (SSSR count). The zero-order valence-electron chi connectivity index (χ0n) is 19.3. The maximum atomic E-state index is 13.1. The maximum Gasteiger partial charge on any atom is 0.322 e. The summed E-state index contributed by atoms with van der Waals surface area (Å²) in [5.41, 5.74) is 3.05. The third-order valence-corrected chi connectivity index (χ3v) is 6.45. The molecule has 2 aromatic heterocycles. The first kappa shape index (κ1) is 27.2. The van der Waals surface area contributed by atoms with Gasteiger partial charge in [-0.3, -0.25) is 9.78 Å². The van der Waals surface area contributed by atoms with Crippen LogP contribution < -0.4 is 10.0 Å². The van der Waals surface area contributed by atoms with Crippen LogP contribution in [0, 0.1) is 0 Å². The van der Waals surface area contributed by atoms with Gasteiger partial charge in [-0.25, -0.2) is 18.1 Å². The Morgan fingerprint density at radius 1 is 1.06 bits per heavy atom. The first-order chi connectivity index (χ1) is 15.5. The third kappa shape index (κ3) is 7.51. The summed E-state index contributed by atoms with van der Waals surface area (Å²) in [6.07, 6.45) is 1.97. The summed E-state index contributed by atoms with van der Waals surface area (Å²) >= 11 is 0. The van der Waals surface area contributed by atoms with Crippen molar-refractivity contribution in [2.45, 2.75) is 44.0 Å². The Morgan fingerprint density at radius 3 is 2.50 bits per heavy atom. The van der Waals surface area contributed by atoms with Gasteiger partial charge < -0.3 is 10.4 Å². The molecule has 0 atom stereocenters. The first-order valence-electron chi connectivity index (χ1n) is 10.5. The Hall–Kier alpha value is -3.01. The number of halogens is 1. The van der Waals surface area contributed by atoms with Crippen LogP contribution >= 0.6 is 12.4 Å². The minimum absolute atomic E-state index is 0. The first-order valence-corrected chi connectivity index (χ1v) is 12.0. The lowest BCUT2D eigenvalue weighted by atomic mass is 9.86. The molecule has 0 spiro atoms. The van der Waals surface area contributed by atoms with E-state index in [1.165, 1.54) is 11.6 Å². The van der Waals surface area contributed by atoms with E-state index in [1.807, 2.05) is 12.1 Å². The molecule has 8 nitrogen and oxygen atoms in total. The Labute approximate surface area is 206 Å². The van der Waals surface area contributed by atoms with Crippen molar-refractivity contribution in [2.75, 3.05) is 11.9 Å². The fourth-order valence-electron chi connectivity index (χ4n) is 3.23. The lowest BCUT2D eigenvalue weighted by Crippen LogP contribution is -2.25. The minimum Gasteiger partial charge on any atom is -0.480 e. The second kappa shape index (κ2) is 11.4. The van der Waals surface area contributed by atoms with Crippen LogP contribution in [0.2, 0.25) is 0 Å². The van der Waals surface area contributed by atoms with Gasteiger partial charge in [0.15, 0.2) is 0 Å². The molecule has 0 amide bonds. The molecular weight excluding hydrogens is 476 g/mol. The summed E-state index contributed by atoms with van der Waals surface area (Å²) in [4.78, 5) is 19.4. The van der Waals surface area contributed by atoms with E-state index in [0.29, 0.717) is 23.6 Å². The summed E-state index contributed by atoms with van der Waals surface area (Å²) in [5, 5.41) is 11.4. The fraction of sp³-hybridized carbons (Fsp3) is 0.292. The highest BCUT2D eigenvalue weighted by Gasteiger charge is 2.20. The molecule has 0 aliphatic rings. The molecule has 1 aromatic carbocycles. The Kier molecular flexibility index (Phi) is 9.14. The number of hydrogen-bond donors (Lipinski definition) is 3. The van der Waals surface area contributed by atoms with Gasteiger partial charge in [0.25, 0.3) is 0 Å². The van der Waals surface area contributed by atoms with Crippen molar-refractivity contribution in [2.24, 2.45) is 0 Å². The predicted octanol–water partition coefficient (Wildman–Crippen LogP) is 3.76. The van der Waals surface area contributed by atoms with E-state index in [4.69, 9.17) is 5.11 Å². The average molecular weight is 505 g/mol. The topological polar surface area (TPSA) is 121 Å². The number of aromatic nitrogens is 2. The van der Waals surface area contributed by atoms with Crippen LogP contribution in [0.3, 0.4) is 0 Å². The van der Waals surface area contributed by atoms with E-state index < -0.39 is 16.0 Å². The van der Waals surface area contributed by atoms with Crippen LogP contribution in [0.25, 0.3) is 0 Å². The minimum atomic E-state index is -3.85. The molecule has 0 bridgehead atoms. The van der Waals surface area contributed by atoms with Crippen LogP contribution in [-0.2, 0) is 33.2 Å². The van der Waals surface area contributed by atoms with Crippen LogP contribution in [0.5, 0.6) is 0 Å². The van der Waals surface area contributed by atoms with Gasteiger partial charge in [0.2, 0.25) is 10.0 Å². The number of aliphatic carboxylic acids is 1. The van der Waals surface area contributed by atoms with Crippen molar-refractivity contribution in [3.05, 3.63) is 83.3 Å². The Bertz CT molecular complexity index is 1240. The lowest BCUT2D eigenvalue weighted by molar-refractivity contribution is -0.134.